The predicted octanol–water partition coefficient (Wildman–Crippen LogP) is 3.21. The summed E-state index contributed by atoms with van der Waals surface area (Å²) in [7, 11) is 0. The van der Waals surface area contributed by atoms with E-state index in [-0.39, 0.29) is 5.91 Å². The minimum absolute atomic E-state index is 0.0579. The normalized spacial score (nSPS) is 10.4. The maximum atomic E-state index is 12.3. The first-order valence-electron chi connectivity index (χ1n) is 10.4. The van der Waals surface area contributed by atoms with Crippen LogP contribution in [0.2, 0.25) is 0 Å². The molecule has 0 unspecified atom stereocenters. The number of nitrogens with one attached hydrogen (secondary N) is 1. The molecular weight excluding hydrogens is 408 g/mol. The Bertz CT molecular complexity index is 1040. The van der Waals surface area contributed by atoms with E-state index >= 15 is 0 Å². The van der Waals surface area contributed by atoms with Crippen molar-refractivity contribution in [1.29, 1.82) is 0 Å². The molecule has 0 fully saturated rings. The molecule has 8 nitrogen and oxygen atoms in total. The molecule has 2 amide bonds. The molecule has 0 aliphatic carbocycles. The molecule has 166 valence electrons. The minimum atomic E-state index is -0.578. The lowest BCUT2D eigenvalue weighted by Crippen LogP contribution is -2.30. The molecule has 0 saturated heterocycles. The van der Waals surface area contributed by atoms with E-state index in [1.165, 1.54) is 0 Å². The van der Waals surface area contributed by atoms with E-state index in [4.69, 9.17) is 4.74 Å². The average molecular weight is 434 g/mol. The van der Waals surface area contributed by atoms with E-state index in [9.17, 15) is 14.4 Å². The SMILES string of the molecule is CCN(CC)C(=O)c1ccc(NC(=O)COC(=O)c2ccc(Cn3cccn3)cc2)cc1. The van der Waals surface area contributed by atoms with Gasteiger partial charge in [0.2, 0.25) is 0 Å². The van der Waals surface area contributed by atoms with Gasteiger partial charge in [0.15, 0.2) is 6.61 Å². The Balaban J connectivity index is 1.48. The third-order valence-corrected chi connectivity index (χ3v) is 4.89. The summed E-state index contributed by atoms with van der Waals surface area (Å²) in [6.07, 6.45) is 3.56. The number of hydrogen-bond donors (Lipinski definition) is 1. The molecule has 0 radical (unpaired) electrons. The first kappa shape index (κ1) is 22.7. The van der Waals surface area contributed by atoms with Crippen LogP contribution in [0, 0.1) is 0 Å². The number of carbonyl (C=O) groups is 3. The van der Waals surface area contributed by atoms with Gasteiger partial charge in [-0.15, -0.1) is 0 Å². The third-order valence-electron chi connectivity index (χ3n) is 4.89. The summed E-state index contributed by atoms with van der Waals surface area (Å²) in [5.41, 5.74) is 2.42. The van der Waals surface area contributed by atoms with Crippen LogP contribution in [-0.2, 0) is 16.1 Å². The molecule has 0 atom stereocenters. The van der Waals surface area contributed by atoms with Crippen LogP contribution in [0.15, 0.2) is 67.0 Å². The maximum absolute atomic E-state index is 12.3. The first-order valence-corrected chi connectivity index (χ1v) is 10.4. The number of amides is 2. The Morgan fingerprint density at radius 1 is 0.969 bits per heavy atom. The number of anilines is 1. The largest absolute Gasteiger partial charge is 0.452 e. The lowest BCUT2D eigenvalue weighted by molar-refractivity contribution is -0.119. The van der Waals surface area contributed by atoms with Crippen molar-refractivity contribution >= 4 is 23.5 Å². The van der Waals surface area contributed by atoms with Gasteiger partial charge < -0.3 is 15.0 Å². The van der Waals surface area contributed by atoms with Crippen LogP contribution in [0.1, 0.15) is 40.1 Å². The van der Waals surface area contributed by atoms with E-state index in [0.717, 1.165) is 5.56 Å². The molecule has 8 heteroatoms. The van der Waals surface area contributed by atoms with E-state index in [1.807, 2.05) is 38.2 Å². The van der Waals surface area contributed by atoms with Crippen molar-refractivity contribution in [1.82, 2.24) is 14.7 Å². The Kier molecular flexibility index (Phi) is 7.75. The Labute approximate surface area is 186 Å². The van der Waals surface area contributed by atoms with Crippen LogP contribution in [0.25, 0.3) is 0 Å². The zero-order valence-electron chi connectivity index (χ0n) is 18.2. The fraction of sp³-hybridized carbons (Fsp3) is 0.250. The molecule has 3 aromatic rings. The van der Waals surface area contributed by atoms with Gasteiger partial charge in [0.1, 0.15) is 0 Å². The molecule has 0 bridgehead atoms. The number of hydrogen-bond acceptors (Lipinski definition) is 5. The highest BCUT2D eigenvalue weighted by Crippen LogP contribution is 2.12. The van der Waals surface area contributed by atoms with Crippen molar-refractivity contribution in [2.24, 2.45) is 0 Å². The van der Waals surface area contributed by atoms with Gasteiger partial charge in [0, 0.05) is 36.7 Å². The van der Waals surface area contributed by atoms with Gasteiger partial charge in [-0.05, 0) is 61.9 Å². The van der Waals surface area contributed by atoms with Gasteiger partial charge in [0.05, 0.1) is 12.1 Å². The van der Waals surface area contributed by atoms with Crippen molar-refractivity contribution in [2.75, 3.05) is 25.0 Å². The molecule has 32 heavy (non-hydrogen) atoms. The van der Waals surface area contributed by atoms with E-state index in [1.54, 1.807) is 52.2 Å². The number of aromatic nitrogens is 2. The zero-order valence-corrected chi connectivity index (χ0v) is 18.2. The van der Waals surface area contributed by atoms with Gasteiger partial charge >= 0.3 is 5.97 Å². The molecule has 1 aromatic heterocycles. The van der Waals surface area contributed by atoms with Crippen LogP contribution in [0.3, 0.4) is 0 Å². The smallest absolute Gasteiger partial charge is 0.338 e. The second kappa shape index (κ2) is 10.9. The van der Waals surface area contributed by atoms with E-state index in [0.29, 0.717) is 36.4 Å². The van der Waals surface area contributed by atoms with E-state index in [2.05, 4.69) is 10.4 Å². The maximum Gasteiger partial charge on any atom is 0.338 e. The summed E-state index contributed by atoms with van der Waals surface area (Å²) in [5.74, 6) is -1.10. The zero-order chi connectivity index (χ0) is 22.9. The van der Waals surface area contributed by atoms with Gasteiger partial charge in [-0.25, -0.2) is 4.79 Å². The summed E-state index contributed by atoms with van der Waals surface area (Å²) in [5, 5.41) is 6.80. The Morgan fingerprint density at radius 2 is 1.62 bits per heavy atom. The molecular formula is C24H26N4O4. The fourth-order valence-electron chi connectivity index (χ4n) is 3.13. The van der Waals surface area contributed by atoms with Crippen LogP contribution < -0.4 is 5.32 Å². The van der Waals surface area contributed by atoms with Gasteiger partial charge in [-0.3, -0.25) is 14.3 Å². The second-order valence-electron chi connectivity index (χ2n) is 7.08. The molecule has 0 saturated carbocycles. The summed E-state index contributed by atoms with van der Waals surface area (Å²) in [4.78, 5) is 38.4. The number of esters is 1. The van der Waals surface area contributed by atoms with Crippen LogP contribution in [0.4, 0.5) is 5.69 Å². The first-order chi connectivity index (χ1) is 15.5. The molecule has 1 heterocycles. The second-order valence-corrected chi connectivity index (χ2v) is 7.08. The van der Waals surface area contributed by atoms with Crippen LogP contribution in [-0.4, -0.2) is 52.2 Å². The molecule has 0 aliphatic rings. The third kappa shape index (κ3) is 6.04. The van der Waals surface area contributed by atoms with Gasteiger partial charge in [0.25, 0.3) is 11.8 Å². The highest BCUT2D eigenvalue weighted by atomic mass is 16.5. The van der Waals surface area contributed by atoms with Crippen molar-refractivity contribution in [3.05, 3.63) is 83.7 Å². The van der Waals surface area contributed by atoms with Crippen molar-refractivity contribution in [3.63, 3.8) is 0 Å². The number of ether oxygens (including phenoxy) is 1. The standard InChI is InChI=1S/C24H26N4O4/c1-3-27(4-2)23(30)19-10-12-21(13-11-19)26-22(29)17-32-24(31)20-8-6-18(7-9-20)16-28-15-5-14-25-28/h5-15H,3-4,16-17H2,1-2H3,(H,26,29). The van der Waals surface area contributed by atoms with Crippen LogP contribution in [0.5, 0.6) is 0 Å². The van der Waals surface area contributed by atoms with Crippen molar-refractivity contribution < 1.29 is 19.1 Å². The minimum Gasteiger partial charge on any atom is -0.452 e. The predicted molar refractivity (Wildman–Crippen MR) is 120 cm³/mol. The Hall–Kier alpha value is -3.94. The molecule has 3 rings (SSSR count). The summed E-state index contributed by atoms with van der Waals surface area (Å²) < 4.78 is 6.88. The van der Waals surface area contributed by atoms with Gasteiger partial charge in [-0.2, -0.15) is 5.10 Å². The lowest BCUT2D eigenvalue weighted by Gasteiger charge is -2.18. The number of rotatable bonds is 9. The number of carbonyl (C=O) groups excluding carboxylic acids is 3. The highest BCUT2D eigenvalue weighted by Gasteiger charge is 2.13. The summed E-state index contributed by atoms with van der Waals surface area (Å²) in [6.45, 7) is 5.30. The topological polar surface area (TPSA) is 93.5 Å². The lowest BCUT2D eigenvalue weighted by atomic mass is 10.1. The van der Waals surface area contributed by atoms with Crippen molar-refractivity contribution in [3.8, 4) is 0 Å². The number of benzene rings is 2. The van der Waals surface area contributed by atoms with Crippen LogP contribution >= 0.6 is 0 Å². The molecule has 2 aromatic carbocycles. The fourth-order valence-corrected chi connectivity index (χ4v) is 3.13. The van der Waals surface area contributed by atoms with Gasteiger partial charge in [-0.1, -0.05) is 12.1 Å². The average Bonchev–Trinajstić information content (AvgIpc) is 3.32. The molecule has 1 N–H and O–H groups in total. The highest BCUT2D eigenvalue weighted by molar-refractivity contribution is 5.97. The number of nitrogens with zero attached hydrogens (tertiary/aromatic N) is 3. The molecule has 0 spiro atoms. The monoisotopic (exact) mass is 434 g/mol. The summed E-state index contributed by atoms with van der Waals surface area (Å²) in [6, 6.07) is 15.4. The summed E-state index contributed by atoms with van der Waals surface area (Å²) >= 11 is 0. The quantitative estimate of drug-likeness (QED) is 0.522. The van der Waals surface area contributed by atoms with E-state index < -0.39 is 18.5 Å². The Morgan fingerprint density at radius 3 is 2.22 bits per heavy atom. The van der Waals surface area contributed by atoms with Crippen molar-refractivity contribution in [2.45, 2.75) is 20.4 Å². The molecule has 0 aliphatic heterocycles.